The van der Waals surface area contributed by atoms with E-state index in [1.165, 1.54) is 321 Å². The summed E-state index contributed by atoms with van der Waals surface area (Å²) in [6, 6.07) is 0. The van der Waals surface area contributed by atoms with Crippen LogP contribution in [0, 0.1) is 11.8 Å². The Morgan fingerprint density at radius 2 is 0.455 bits per heavy atom. The number of esters is 4. The van der Waals surface area contributed by atoms with E-state index in [0.717, 1.165) is 102 Å². The molecule has 0 spiro atoms. The molecule has 0 aromatic heterocycles. The molecule has 0 aliphatic heterocycles. The van der Waals surface area contributed by atoms with Crippen molar-refractivity contribution in [3.63, 3.8) is 0 Å². The highest BCUT2D eigenvalue weighted by molar-refractivity contribution is 7.47. The third-order valence-electron chi connectivity index (χ3n) is 22.3. The summed E-state index contributed by atoms with van der Waals surface area (Å²) >= 11 is 0. The first-order chi connectivity index (χ1) is 54.4. The number of rotatable bonds is 92. The zero-order valence-corrected chi connectivity index (χ0v) is 75.8. The van der Waals surface area contributed by atoms with Crippen LogP contribution in [0.1, 0.15) is 504 Å². The smallest absolute Gasteiger partial charge is 0.462 e. The summed E-state index contributed by atoms with van der Waals surface area (Å²) in [4.78, 5) is 73.5. The SMILES string of the molecule is CCCCCCCCCCCCCCCCCCCCCCCCC(=O)OC[C@H](COP(=O)(O)OC[C@@H](O)COP(=O)(O)OC[C@@H](COC(=O)CCCCCCCCCCC(C)C)OC(=O)CCCCCCCCCCCCCCCCCCC)OC(=O)CCCCCCCCCCCCCCCCCCCCC(C)CC. The van der Waals surface area contributed by atoms with Gasteiger partial charge in [0, 0.05) is 25.7 Å². The van der Waals surface area contributed by atoms with E-state index in [4.69, 9.17) is 37.0 Å². The molecule has 0 fully saturated rings. The van der Waals surface area contributed by atoms with Crippen LogP contribution >= 0.6 is 15.6 Å². The van der Waals surface area contributed by atoms with Gasteiger partial charge in [-0.25, -0.2) is 9.13 Å². The number of carbonyl (C=O) groups excluding carboxylic acids is 4. The van der Waals surface area contributed by atoms with Crippen molar-refractivity contribution in [3.05, 3.63) is 0 Å². The Labute approximate surface area is 689 Å². The Kier molecular flexibility index (Phi) is 82.6. The lowest BCUT2D eigenvalue weighted by atomic mass is 9.99. The van der Waals surface area contributed by atoms with E-state index in [1.54, 1.807) is 0 Å². The van der Waals surface area contributed by atoms with E-state index >= 15 is 0 Å². The van der Waals surface area contributed by atoms with Crippen LogP contribution in [-0.2, 0) is 65.4 Å². The number of phosphoric ester groups is 2. The molecule has 0 rings (SSSR count). The lowest BCUT2D eigenvalue weighted by Gasteiger charge is -2.21. The number of ether oxygens (including phenoxy) is 4. The first kappa shape index (κ1) is 110. The van der Waals surface area contributed by atoms with Crippen LogP contribution in [0.15, 0.2) is 0 Å². The van der Waals surface area contributed by atoms with Crippen molar-refractivity contribution in [1.29, 1.82) is 0 Å². The summed E-state index contributed by atoms with van der Waals surface area (Å²) in [6.45, 7) is 9.74. The van der Waals surface area contributed by atoms with Gasteiger partial charge in [0.25, 0.3) is 0 Å². The molecule has 0 radical (unpaired) electrons. The summed E-state index contributed by atoms with van der Waals surface area (Å²) in [7, 11) is -9.94. The second-order valence-electron chi connectivity index (χ2n) is 34.1. The van der Waals surface area contributed by atoms with Gasteiger partial charge in [-0.15, -0.1) is 0 Å². The number of phosphoric acid groups is 2. The molecule has 3 N–H and O–H groups in total. The van der Waals surface area contributed by atoms with Gasteiger partial charge >= 0.3 is 39.5 Å². The maximum Gasteiger partial charge on any atom is 0.472 e. The van der Waals surface area contributed by atoms with Gasteiger partial charge in [0.2, 0.25) is 0 Å². The normalized spacial score (nSPS) is 13.9. The highest BCUT2D eigenvalue weighted by Gasteiger charge is 2.31. The van der Waals surface area contributed by atoms with Crippen molar-refractivity contribution in [1.82, 2.24) is 0 Å². The summed E-state index contributed by atoms with van der Waals surface area (Å²) in [5.41, 5.74) is 0. The van der Waals surface area contributed by atoms with E-state index in [-0.39, 0.29) is 25.7 Å². The molecule has 3 unspecified atom stereocenters. The zero-order valence-electron chi connectivity index (χ0n) is 74.0. The van der Waals surface area contributed by atoms with Crippen LogP contribution in [0.4, 0.5) is 0 Å². The summed E-state index contributed by atoms with van der Waals surface area (Å²) < 4.78 is 69.1. The fraction of sp³-hybridized carbons (Fsp3) is 0.957. The fourth-order valence-corrected chi connectivity index (χ4v) is 16.2. The topological polar surface area (TPSA) is 237 Å². The van der Waals surface area contributed by atoms with Crippen LogP contribution in [0.25, 0.3) is 0 Å². The van der Waals surface area contributed by atoms with Crippen LogP contribution < -0.4 is 0 Å². The van der Waals surface area contributed by atoms with Gasteiger partial charge in [-0.3, -0.25) is 37.3 Å². The number of hydrogen-bond acceptors (Lipinski definition) is 15. The summed E-state index contributed by atoms with van der Waals surface area (Å²) in [6.07, 6.45) is 79.4. The van der Waals surface area contributed by atoms with E-state index in [9.17, 15) is 43.2 Å². The standard InChI is InChI=1S/C93H182O17P2/c1-7-10-12-14-16-18-20-22-24-26-27-28-29-30-35-38-42-46-50-57-63-69-75-90(95)103-81-88(109-92(97)77-72-66-60-52-48-44-40-36-32-31-34-37-41-45-49-56-62-68-74-86(6)9-3)83-107-111(99,100)105-79-87(94)80-106-112(101,102)108-84-89(82-104-91(96)76-70-64-58-54-53-55-61-67-73-85(4)5)110-93(98)78-71-65-59-51-47-43-39-33-25-23-21-19-17-15-13-11-8-2/h85-89,94H,7-84H2,1-6H3,(H,99,100)(H,101,102)/t86?,87-,88-,89-/m1/s1. The second-order valence-corrected chi connectivity index (χ2v) is 37.0. The molecule has 19 heteroatoms. The monoisotopic (exact) mass is 1630 g/mol. The minimum absolute atomic E-state index is 0.108. The highest BCUT2D eigenvalue weighted by Crippen LogP contribution is 2.45. The molecule has 0 bridgehead atoms. The maximum absolute atomic E-state index is 13.2. The molecule has 6 atom stereocenters. The van der Waals surface area contributed by atoms with Crippen LogP contribution in [0.5, 0.6) is 0 Å². The first-order valence-electron chi connectivity index (χ1n) is 48.0. The Hall–Kier alpha value is -1.94. The predicted octanol–water partition coefficient (Wildman–Crippen LogP) is 29.0. The van der Waals surface area contributed by atoms with Gasteiger partial charge in [-0.05, 0) is 37.5 Å². The first-order valence-corrected chi connectivity index (χ1v) is 51.0. The van der Waals surface area contributed by atoms with E-state index in [1.807, 2.05) is 0 Å². The largest absolute Gasteiger partial charge is 0.472 e. The molecule has 0 aromatic rings. The average molecular weight is 1630 g/mol. The quantitative estimate of drug-likeness (QED) is 0.0222. The molecule has 17 nitrogen and oxygen atoms in total. The van der Waals surface area contributed by atoms with Crippen molar-refractivity contribution in [2.45, 2.75) is 522 Å². The van der Waals surface area contributed by atoms with Crippen molar-refractivity contribution in [2.75, 3.05) is 39.6 Å². The minimum Gasteiger partial charge on any atom is -0.462 e. The van der Waals surface area contributed by atoms with Gasteiger partial charge in [-0.1, -0.05) is 452 Å². The Morgan fingerprint density at radius 1 is 0.259 bits per heavy atom. The second kappa shape index (κ2) is 84.1. The van der Waals surface area contributed by atoms with Gasteiger partial charge in [-0.2, -0.15) is 0 Å². The van der Waals surface area contributed by atoms with E-state index < -0.39 is 97.5 Å². The van der Waals surface area contributed by atoms with Crippen molar-refractivity contribution < 1.29 is 80.2 Å². The molecule has 112 heavy (non-hydrogen) atoms. The third kappa shape index (κ3) is 84.5. The number of hydrogen-bond donors (Lipinski definition) is 3. The van der Waals surface area contributed by atoms with E-state index in [0.29, 0.717) is 25.7 Å². The fourth-order valence-electron chi connectivity index (χ4n) is 14.6. The third-order valence-corrected chi connectivity index (χ3v) is 24.2. The number of carbonyl (C=O) groups is 4. The molecule has 666 valence electrons. The lowest BCUT2D eigenvalue weighted by Crippen LogP contribution is -2.30. The van der Waals surface area contributed by atoms with Crippen molar-refractivity contribution >= 4 is 39.5 Å². The van der Waals surface area contributed by atoms with E-state index in [2.05, 4.69) is 41.5 Å². The Balaban J connectivity index is 5.22. The molecule has 0 aliphatic carbocycles. The number of aliphatic hydroxyl groups is 1. The predicted molar refractivity (Wildman–Crippen MR) is 465 cm³/mol. The Bertz CT molecular complexity index is 2130. The molecule has 0 amide bonds. The molecular weight excluding hydrogens is 1450 g/mol. The van der Waals surface area contributed by atoms with Gasteiger partial charge in [0.15, 0.2) is 12.2 Å². The molecule has 0 saturated carbocycles. The molecule has 0 aliphatic rings. The summed E-state index contributed by atoms with van der Waals surface area (Å²) in [5, 5.41) is 10.7. The van der Waals surface area contributed by atoms with Gasteiger partial charge in [0.05, 0.1) is 26.4 Å². The van der Waals surface area contributed by atoms with Crippen LogP contribution in [-0.4, -0.2) is 96.7 Å². The molecule has 0 saturated heterocycles. The molecular formula is C93H182O17P2. The number of aliphatic hydroxyl groups excluding tert-OH is 1. The van der Waals surface area contributed by atoms with Gasteiger partial charge < -0.3 is 33.8 Å². The molecule has 0 heterocycles. The maximum atomic E-state index is 13.2. The minimum atomic E-state index is -4.97. The average Bonchev–Trinajstić information content (AvgIpc) is 0.902. The lowest BCUT2D eigenvalue weighted by molar-refractivity contribution is -0.161. The molecule has 0 aromatic carbocycles. The van der Waals surface area contributed by atoms with Crippen LogP contribution in [0.2, 0.25) is 0 Å². The van der Waals surface area contributed by atoms with Crippen molar-refractivity contribution in [3.8, 4) is 0 Å². The van der Waals surface area contributed by atoms with Crippen LogP contribution in [0.3, 0.4) is 0 Å². The Morgan fingerprint density at radius 3 is 0.679 bits per heavy atom. The van der Waals surface area contributed by atoms with Crippen molar-refractivity contribution in [2.24, 2.45) is 11.8 Å². The van der Waals surface area contributed by atoms with Gasteiger partial charge in [0.1, 0.15) is 19.3 Å². The zero-order chi connectivity index (χ0) is 82.0. The summed E-state index contributed by atoms with van der Waals surface area (Å²) in [5.74, 6) is -0.498. The highest BCUT2D eigenvalue weighted by atomic mass is 31.2. The number of unbranched alkanes of at least 4 members (excludes halogenated alkanes) is 61.